The van der Waals surface area contributed by atoms with Crippen LogP contribution in [0.15, 0.2) is 12.2 Å². The maximum atomic E-state index is 10.9. The molecule has 1 saturated heterocycles. The van der Waals surface area contributed by atoms with Gasteiger partial charge in [-0.05, 0) is 25.2 Å². The Hall–Kier alpha value is -0.790. The molecule has 2 nitrogen and oxygen atoms in total. The van der Waals surface area contributed by atoms with E-state index in [1.165, 1.54) is 12.8 Å². The highest BCUT2D eigenvalue weighted by Crippen LogP contribution is 2.31. The maximum Gasteiger partial charge on any atom is 0.306 e. The van der Waals surface area contributed by atoms with Crippen molar-refractivity contribution < 1.29 is 9.53 Å². The monoisotopic (exact) mass is 166 g/mol. The van der Waals surface area contributed by atoms with Crippen LogP contribution in [0.5, 0.6) is 0 Å². The van der Waals surface area contributed by atoms with Gasteiger partial charge < -0.3 is 4.74 Å². The van der Waals surface area contributed by atoms with Crippen molar-refractivity contribution in [2.45, 2.75) is 25.7 Å². The van der Waals surface area contributed by atoms with E-state index in [0.29, 0.717) is 24.9 Å². The van der Waals surface area contributed by atoms with E-state index in [-0.39, 0.29) is 5.97 Å². The van der Waals surface area contributed by atoms with E-state index in [0.717, 1.165) is 6.42 Å². The molecule has 2 heteroatoms. The summed E-state index contributed by atoms with van der Waals surface area (Å²) in [5.41, 5.74) is 0. The molecule has 0 spiro atoms. The predicted octanol–water partition coefficient (Wildman–Crippen LogP) is 1.91. The molecule has 2 atom stereocenters. The molecule has 2 aliphatic rings. The molecule has 0 bridgehead atoms. The molecule has 0 aromatic carbocycles. The first-order chi connectivity index (χ1) is 5.86. The summed E-state index contributed by atoms with van der Waals surface area (Å²) in [7, 11) is 0. The third kappa shape index (κ3) is 1.52. The SMILES string of the molecule is O=C1CC(C2CC=CCC2)CO1. The quantitative estimate of drug-likeness (QED) is 0.439. The second-order valence-electron chi connectivity index (χ2n) is 3.69. The van der Waals surface area contributed by atoms with Crippen LogP contribution in [0, 0.1) is 11.8 Å². The van der Waals surface area contributed by atoms with E-state index >= 15 is 0 Å². The van der Waals surface area contributed by atoms with Crippen molar-refractivity contribution in [1.29, 1.82) is 0 Å². The van der Waals surface area contributed by atoms with E-state index < -0.39 is 0 Å². The molecule has 0 amide bonds. The van der Waals surface area contributed by atoms with Gasteiger partial charge in [-0.2, -0.15) is 0 Å². The topological polar surface area (TPSA) is 26.3 Å². The number of carbonyl (C=O) groups is 1. The Kier molecular flexibility index (Phi) is 2.15. The van der Waals surface area contributed by atoms with Gasteiger partial charge in [0.25, 0.3) is 0 Å². The Morgan fingerprint density at radius 2 is 2.25 bits per heavy atom. The molecule has 0 radical (unpaired) electrons. The lowest BCUT2D eigenvalue weighted by Gasteiger charge is -2.21. The molecular weight excluding hydrogens is 152 g/mol. The van der Waals surface area contributed by atoms with Crippen LogP contribution >= 0.6 is 0 Å². The first-order valence-corrected chi connectivity index (χ1v) is 4.67. The minimum absolute atomic E-state index is 0.00504. The average molecular weight is 166 g/mol. The van der Waals surface area contributed by atoms with Crippen molar-refractivity contribution in [2.75, 3.05) is 6.61 Å². The highest BCUT2D eigenvalue weighted by atomic mass is 16.5. The van der Waals surface area contributed by atoms with E-state index in [1.54, 1.807) is 0 Å². The number of hydrogen-bond donors (Lipinski definition) is 0. The summed E-state index contributed by atoms with van der Waals surface area (Å²) in [5.74, 6) is 1.19. The predicted molar refractivity (Wildman–Crippen MR) is 45.5 cm³/mol. The number of carbonyl (C=O) groups excluding carboxylic acids is 1. The van der Waals surface area contributed by atoms with Crippen LogP contribution in [0.1, 0.15) is 25.7 Å². The molecule has 0 aromatic heterocycles. The third-order valence-corrected chi connectivity index (χ3v) is 2.86. The van der Waals surface area contributed by atoms with Gasteiger partial charge in [-0.3, -0.25) is 4.79 Å². The fourth-order valence-electron chi connectivity index (χ4n) is 2.08. The van der Waals surface area contributed by atoms with Gasteiger partial charge in [0.1, 0.15) is 0 Å². The Morgan fingerprint density at radius 3 is 2.83 bits per heavy atom. The van der Waals surface area contributed by atoms with Crippen LogP contribution in [0.2, 0.25) is 0 Å². The van der Waals surface area contributed by atoms with Crippen LogP contribution in [-0.4, -0.2) is 12.6 Å². The van der Waals surface area contributed by atoms with Gasteiger partial charge in [0.2, 0.25) is 0 Å². The molecule has 1 heterocycles. The molecule has 1 fully saturated rings. The van der Waals surface area contributed by atoms with Crippen molar-refractivity contribution in [1.82, 2.24) is 0 Å². The highest BCUT2D eigenvalue weighted by molar-refractivity contribution is 5.71. The zero-order chi connectivity index (χ0) is 8.39. The van der Waals surface area contributed by atoms with Gasteiger partial charge >= 0.3 is 5.97 Å². The number of esters is 1. The first kappa shape index (κ1) is 7.84. The zero-order valence-electron chi connectivity index (χ0n) is 7.16. The minimum Gasteiger partial charge on any atom is -0.465 e. The summed E-state index contributed by atoms with van der Waals surface area (Å²) in [6, 6.07) is 0. The van der Waals surface area contributed by atoms with E-state index in [9.17, 15) is 4.79 Å². The maximum absolute atomic E-state index is 10.9. The van der Waals surface area contributed by atoms with Gasteiger partial charge in [-0.1, -0.05) is 12.2 Å². The zero-order valence-corrected chi connectivity index (χ0v) is 7.16. The van der Waals surface area contributed by atoms with Crippen molar-refractivity contribution in [3.63, 3.8) is 0 Å². The smallest absolute Gasteiger partial charge is 0.306 e. The normalized spacial score (nSPS) is 35.2. The van der Waals surface area contributed by atoms with Crippen LogP contribution in [0.25, 0.3) is 0 Å². The molecule has 2 unspecified atom stereocenters. The van der Waals surface area contributed by atoms with Gasteiger partial charge in [-0.15, -0.1) is 0 Å². The largest absolute Gasteiger partial charge is 0.465 e. The lowest BCUT2D eigenvalue weighted by molar-refractivity contribution is -0.137. The van der Waals surface area contributed by atoms with Crippen molar-refractivity contribution >= 4 is 5.97 Å². The van der Waals surface area contributed by atoms with Crippen molar-refractivity contribution in [3.8, 4) is 0 Å². The number of hydrogen-bond acceptors (Lipinski definition) is 2. The molecule has 0 aromatic rings. The van der Waals surface area contributed by atoms with Gasteiger partial charge in [0, 0.05) is 5.92 Å². The second kappa shape index (κ2) is 3.30. The second-order valence-corrected chi connectivity index (χ2v) is 3.69. The summed E-state index contributed by atoms with van der Waals surface area (Å²) in [6.45, 7) is 0.664. The summed E-state index contributed by atoms with van der Waals surface area (Å²) in [6.07, 6.45) is 8.66. The molecule has 1 aliphatic carbocycles. The minimum atomic E-state index is -0.00504. The number of cyclic esters (lactones) is 1. The number of allylic oxidation sites excluding steroid dienone is 2. The molecule has 0 saturated carbocycles. The molecule has 0 N–H and O–H groups in total. The van der Waals surface area contributed by atoms with Gasteiger partial charge in [0.05, 0.1) is 13.0 Å². The Balaban J connectivity index is 1.92. The van der Waals surface area contributed by atoms with Crippen LogP contribution < -0.4 is 0 Å². The molecule has 12 heavy (non-hydrogen) atoms. The van der Waals surface area contributed by atoms with E-state index in [2.05, 4.69) is 12.2 Å². The Labute approximate surface area is 72.6 Å². The molecule has 2 rings (SSSR count). The van der Waals surface area contributed by atoms with E-state index in [4.69, 9.17) is 4.74 Å². The summed E-state index contributed by atoms with van der Waals surface area (Å²) < 4.78 is 4.96. The average Bonchev–Trinajstić information content (AvgIpc) is 2.54. The molecular formula is C10H14O2. The highest BCUT2D eigenvalue weighted by Gasteiger charge is 2.30. The Bertz CT molecular complexity index is 206. The van der Waals surface area contributed by atoms with Gasteiger partial charge in [-0.25, -0.2) is 0 Å². The van der Waals surface area contributed by atoms with Crippen molar-refractivity contribution in [2.24, 2.45) is 11.8 Å². The standard InChI is InChI=1S/C10H14O2/c11-10-6-9(7-12-10)8-4-2-1-3-5-8/h1-2,8-9H,3-7H2. The molecule has 1 aliphatic heterocycles. The lowest BCUT2D eigenvalue weighted by Crippen LogP contribution is -2.15. The first-order valence-electron chi connectivity index (χ1n) is 4.67. The lowest BCUT2D eigenvalue weighted by atomic mass is 9.82. The van der Waals surface area contributed by atoms with Crippen LogP contribution in [0.3, 0.4) is 0 Å². The third-order valence-electron chi connectivity index (χ3n) is 2.86. The number of rotatable bonds is 1. The van der Waals surface area contributed by atoms with Crippen molar-refractivity contribution in [3.05, 3.63) is 12.2 Å². The summed E-state index contributed by atoms with van der Waals surface area (Å²) >= 11 is 0. The Morgan fingerprint density at radius 1 is 1.33 bits per heavy atom. The fourth-order valence-corrected chi connectivity index (χ4v) is 2.08. The molecule has 66 valence electrons. The summed E-state index contributed by atoms with van der Waals surface area (Å²) in [4.78, 5) is 10.9. The van der Waals surface area contributed by atoms with Crippen LogP contribution in [0.4, 0.5) is 0 Å². The summed E-state index contributed by atoms with van der Waals surface area (Å²) in [5, 5.41) is 0. The van der Waals surface area contributed by atoms with Gasteiger partial charge in [0.15, 0.2) is 0 Å². The van der Waals surface area contributed by atoms with E-state index in [1.807, 2.05) is 0 Å². The number of ether oxygens (including phenoxy) is 1. The van der Waals surface area contributed by atoms with Crippen LogP contribution in [-0.2, 0) is 9.53 Å². The fraction of sp³-hybridized carbons (Fsp3) is 0.700.